The Morgan fingerprint density at radius 2 is 2.00 bits per heavy atom. The van der Waals surface area contributed by atoms with Gasteiger partial charge in [0.25, 0.3) is 0 Å². The van der Waals surface area contributed by atoms with Crippen LogP contribution in [-0.4, -0.2) is 25.3 Å². The van der Waals surface area contributed by atoms with Gasteiger partial charge in [0.15, 0.2) is 17.7 Å². The first kappa shape index (κ1) is 16.4. The molecule has 1 aromatic rings. The van der Waals surface area contributed by atoms with Crippen LogP contribution in [0.3, 0.4) is 0 Å². The third-order valence-corrected chi connectivity index (χ3v) is 2.36. The van der Waals surface area contributed by atoms with Crippen LogP contribution in [0.15, 0.2) is 18.2 Å². The maximum absolute atomic E-state index is 13.4. The zero-order chi connectivity index (χ0) is 15.3. The second-order valence-corrected chi connectivity index (χ2v) is 3.82. The molecule has 0 aliphatic rings. The zero-order valence-electron chi connectivity index (χ0n) is 10.4. The van der Waals surface area contributed by atoms with Crippen LogP contribution in [0.25, 0.3) is 0 Å². The Morgan fingerprint density at radius 3 is 2.55 bits per heavy atom. The van der Waals surface area contributed by atoms with Crippen molar-refractivity contribution in [3.63, 3.8) is 0 Å². The lowest BCUT2D eigenvalue weighted by atomic mass is 10.1. The van der Waals surface area contributed by atoms with E-state index in [4.69, 9.17) is 0 Å². The summed E-state index contributed by atoms with van der Waals surface area (Å²) in [6.45, 7) is 1.10. The van der Waals surface area contributed by atoms with E-state index in [9.17, 15) is 26.7 Å². The molecule has 0 aliphatic heterocycles. The first-order valence-electron chi connectivity index (χ1n) is 5.65. The van der Waals surface area contributed by atoms with Gasteiger partial charge in [-0.3, -0.25) is 4.79 Å². The SMILES string of the molecule is CCOCC(=O)N[C@H](c1cccc(F)c1F)C(F)(F)F. The van der Waals surface area contributed by atoms with E-state index in [-0.39, 0.29) is 6.61 Å². The standard InChI is InChI=1S/C12H12F5NO2/c1-2-20-6-9(19)18-11(12(15,16)17)7-4-3-5-8(13)10(7)14/h3-5,11H,2,6H2,1H3,(H,18,19)/t11-/m1/s1. The van der Waals surface area contributed by atoms with Gasteiger partial charge in [-0.1, -0.05) is 12.1 Å². The lowest BCUT2D eigenvalue weighted by molar-refractivity contribution is -0.165. The molecule has 0 fully saturated rings. The van der Waals surface area contributed by atoms with Crippen LogP contribution in [0.2, 0.25) is 0 Å². The summed E-state index contributed by atoms with van der Waals surface area (Å²) in [4.78, 5) is 11.3. The third kappa shape index (κ3) is 4.16. The smallest absolute Gasteiger partial charge is 0.372 e. The number of hydrogen-bond donors (Lipinski definition) is 1. The predicted molar refractivity (Wildman–Crippen MR) is 59.8 cm³/mol. The topological polar surface area (TPSA) is 38.3 Å². The van der Waals surface area contributed by atoms with Gasteiger partial charge in [0, 0.05) is 12.2 Å². The number of rotatable bonds is 5. The molecule has 0 saturated carbocycles. The fraction of sp³-hybridized carbons (Fsp3) is 0.417. The number of carbonyl (C=O) groups excluding carboxylic acids is 1. The number of ether oxygens (including phenoxy) is 1. The summed E-state index contributed by atoms with van der Waals surface area (Å²) in [6, 6.07) is -0.251. The van der Waals surface area contributed by atoms with Crippen LogP contribution in [0.1, 0.15) is 18.5 Å². The number of alkyl halides is 3. The molecular weight excluding hydrogens is 285 g/mol. The van der Waals surface area contributed by atoms with Crippen LogP contribution in [0.5, 0.6) is 0 Å². The fourth-order valence-corrected chi connectivity index (χ4v) is 1.48. The molecule has 1 atom stereocenters. The first-order valence-corrected chi connectivity index (χ1v) is 5.65. The first-order chi connectivity index (χ1) is 9.27. The second-order valence-electron chi connectivity index (χ2n) is 3.82. The molecular formula is C12H12F5NO2. The van der Waals surface area contributed by atoms with Crippen molar-refractivity contribution < 1.29 is 31.5 Å². The zero-order valence-corrected chi connectivity index (χ0v) is 10.4. The van der Waals surface area contributed by atoms with E-state index in [2.05, 4.69) is 4.74 Å². The molecule has 112 valence electrons. The molecule has 0 spiro atoms. The van der Waals surface area contributed by atoms with Crippen molar-refractivity contribution in [2.45, 2.75) is 19.1 Å². The highest BCUT2D eigenvalue weighted by molar-refractivity contribution is 5.77. The summed E-state index contributed by atoms with van der Waals surface area (Å²) in [5.74, 6) is -4.14. The van der Waals surface area contributed by atoms with Crippen LogP contribution >= 0.6 is 0 Å². The molecule has 0 saturated heterocycles. The van der Waals surface area contributed by atoms with E-state index in [1.807, 2.05) is 0 Å². The van der Waals surface area contributed by atoms with E-state index < -0.39 is 41.9 Å². The molecule has 0 aliphatic carbocycles. The van der Waals surface area contributed by atoms with Gasteiger partial charge in [-0.05, 0) is 13.0 Å². The van der Waals surface area contributed by atoms with Crippen molar-refractivity contribution in [1.82, 2.24) is 5.32 Å². The highest BCUT2D eigenvalue weighted by Crippen LogP contribution is 2.34. The molecule has 20 heavy (non-hydrogen) atoms. The highest BCUT2D eigenvalue weighted by Gasteiger charge is 2.43. The number of benzene rings is 1. The van der Waals surface area contributed by atoms with Gasteiger partial charge in [0.2, 0.25) is 5.91 Å². The van der Waals surface area contributed by atoms with Gasteiger partial charge in [-0.25, -0.2) is 8.78 Å². The van der Waals surface area contributed by atoms with Crippen LogP contribution < -0.4 is 5.32 Å². The molecule has 0 radical (unpaired) electrons. The Labute approximate surface area is 111 Å². The van der Waals surface area contributed by atoms with Crippen molar-refractivity contribution in [2.75, 3.05) is 13.2 Å². The maximum atomic E-state index is 13.4. The van der Waals surface area contributed by atoms with Crippen LogP contribution in [-0.2, 0) is 9.53 Å². The Hall–Kier alpha value is -1.70. The minimum Gasteiger partial charge on any atom is -0.372 e. The second kappa shape index (κ2) is 6.65. The maximum Gasteiger partial charge on any atom is 0.412 e. The van der Waals surface area contributed by atoms with E-state index >= 15 is 0 Å². The fourth-order valence-electron chi connectivity index (χ4n) is 1.48. The molecule has 1 rings (SSSR count). The largest absolute Gasteiger partial charge is 0.412 e. The summed E-state index contributed by atoms with van der Waals surface area (Å²) in [5, 5.41) is 1.58. The molecule has 1 amide bonds. The quantitative estimate of drug-likeness (QED) is 0.849. The Balaban J connectivity index is 3.02. The third-order valence-electron chi connectivity index (χ3n) is 2.36. The van der Waals surface area contributed by atoms with E-state index in [1.165, 1.54) is 0 Å². The minimum absolute atomic E-state index is 0.137. The van der Waals surface area contributed by atoms with Crippen molar-refractivity contribution in [3.05, 3.63) is 35.4 Å². The number of hydrogen-bond acceptors (Lipinski definition) is 2. The van der Waals surface area contributed by atoms with Gasteiger partial charge in [-0.15, -0.1) is 0 Å². The molecule has 8 heteroatoms. The Kier molecular flexibility index (Phi) is 5.43. The average Bonchev–Trinajstić information content (AvgIpc) is 2.36. The highest BCUT2D eigenvalue weighted by atomic mass is 19.4. The summed E-state index contributed by atoms with van der Waals surface area (Å²) in [7, 11) is 0. The monoisotopic (exact) mass is 297 g/mol. The lowest BCUT2D eigenvalue weighted by Crippen LogP contribution is -2.40. The Bertz CT molecular complexity index is 475. The van der Waals surface area contributed by atoms with Crippen molar-refractivity contribution in [2.24, 2.45) is 0 Å². The number of amides is 1. The molecule has 3 nitrogen and oxygen atoms in total. The average molecular weight is 297 g/mol. The van der Waals surface area contributed by atoms with Gasteiger partial charge >= 0.3 is 6.18 Å². The Morgan fingerprint density at radius 1 is 1.35 bits per heavy atom. The lowest BCUT2D eigenvalue weighted by Gasteiger charge is -2.22. The van der Waals surface area contributed by atoms with Gasteiger partial charge in [0.05, 0.1) is 0 Å². The minimum atomic E-state index is -4.96. The molecule has 0 bridgehead atoms. The van der Waals surface area contributed by atoms with E-state index in [0.717, 1.165) is 12.1 Å². The summed E-state index contributed by atoms with van der Waals surface area (Å²) < 4.78 is 69.6. The van der Waals surface area contributed by atoms with Crippen LogP contribution in [0.4, 0.5) is 22.0 Å². The van der Waals surface area contributed by atoms with Crippen molar-refractivity contribution in [1.29, 1.82) is 0 Å². The summed E-state index contributed by atoms with van der Waals surface area (Å²) >= 11 is 0. The van der Waals surface area contributed by atoms with Crippen molar-refractivity contribution >= 4 is 5.91 Å². The van der Waals surface area contributed by atoms with Crippen LogP contribution in [0, 0.1) is 11.6 Å². The molecule has 0 heterocycles. The summed E-state index contributed by atoms with van der Waals surface area (Å²) in [5.41, 5.74) is -0.984. The summed E-state index contributed by atoms with van der Waals surface area (Å²) in [6.07, 6.45) is -4.96. The normalized spacial score (nSPS) is 13.1. The van der Waals surface area contributed by atoms with Gasteiger partial charge < -0.3 is 10.1 Å². The number of carbonyl (C=O) groups is 1. The number of halogens is 5. The molecule has 1 N–H and O–H groups in total. The van der Waals surface area contributed by atoms with Gasteiger partial charge in [-0.2, -0.15) is 13.2 Å². The molecule has 0 aromatic heterocycles. The predicted octanol–water partition coefficient (Wildman–Crippen LogP) is 2.72. The van der Waals surface area contributed by atoms with E-state index in [0.29, 0.717) is 6.07 Å². The van der Waals surface area contributed by atoms with Crippen molar-refractivity contribution in [3.8, 4) is 0 Å². The van der Waals surface area contributed by atoms with Gasteiger partial charge in [0.1, 0.15) is 6.61 Å². The number of nitrogens with one attached hydrogen (secondary N) is 1. The van der Waals surface area contributed by atoms with E-state index in [1.54, 1.807) is 12.2 Å². The molecule has 0 unspecified atom stereocenters. The molecule has 1 aromatic carbocycles.